The summed E-state index contributed by atoms with van der Waals surface area (Å²) in [7, 11) is 0. The Hall–Kier alpha value is -3.06. The molecule has 2 aromatic heterocycles. The first-order chi connectivity index (χ1) is 16.7. The van der Waals surface area contributed by atoms with E-state index < -0.39 is 0 Å². The standard InChI is InChI=1S/C27H33N5O2/c1-2-29-12-10-23(29)19-34-24-7-5-20(6-8-24)22-17-26-25(9-11-28-32(26)18-22)30-13-15-31(16-14-30)27(33)21-3-4-21/h5-9,11,17-18,21,23H,2-4,10,12-16,19H2,1H3. The number of ether oxygens (including phenoxy) is 1. The van der Waals surface area contributed by atoms with Crippen molar-refractivity contribution in [1.82, 2.24) is 19.4 Å². The molecule has 7 nitrogen and oxygen atoms in total. The molecule has 0 spiro atoms. The summed E-state index contributed by atoms with van der Waals surface area (Å²) in [4.78, 5) is 19.3. The quantitative estimate of drug-likeness (QED) is 0.541. The molecule has 1 aromatic carbocycles. The van der Waals surface area contributed by atoms with E-state index in [1.54, 1.807) is 0 Å². The Labute approximate surface area is 200 Å². The second-order valence-corrected chi connectivity index (χ2v) is 9.77. The van der Waals surface area contributed by atoms with Gasteiger partial charge in [-0.2, -0.15) is 5.10 Å². The Bertz CT molecular complexity index is 1160. The van der Waals surface area contributed by atoms with Crippen LogP contribution in [-0.4, -0.2) is 77.2 Å². The van der Waals surface area contributed by atoms with Crippen molar-refractivity contribution >= 4 is 17.1 Å². The number of piperazine rings is 1. The van der Waals surface area contributed by atoms with Gasteiger partial charge in [0.25, 0.3) is 0 Å². The molecule has 6 rings (SSSR count). The van der Waals surface area contributed by atoms with E-state index in [-0.39, 0.29) is 0 Å². The van der Waals surface area contributed by atoms with Crippen LogP contribution >= 0.6 is 0 Å². The number of carbonyl (C=O) groups excluding carboxylic acids is 1. The number of fused-ring (bicyclic) bond motifs is 1. The number of hydrogen-bond donors (Lipinski definition) is 0. The molecule has 4 heterocycles. The molecule has 7 heteroatoms. The van der Waals surface area contributed by atoms with Gasteiger partial charge in [-0.15, -0.1) is 0 Å². The summed E-state index contributed by atoms with van der Waals surface area (Å²) >= 11 is 0. The first-order valence-electron chi connectivity index (χ1n) is 12.7. The predicted molar refractivity (Wildman–Crippen MR) is 133 cm³/mol. The van der Waals surface area contributed by atoms with Crippen molar-refractivity contribution in [2.24, 2.45) is 5.92 Å². The lowest BCUT2D eigenvalue weighted by Gasteiger charge is -2.39. The van der Waals surface area contributed by atoms with Crippen molar-refractivity contribution in [2.75, 3.05) is 50.8 Å². The van der Waals surface area contributed by atoms with Gasteiger partial charge in [-0.25, -0.2) is 4.52 Å². The third-order valence-electron chi connectivity index (χ3n) is 7.65. The molecule has 3 aliphatic rings. The minimum absolute atomic E-state index is 0.299. The normalized spacial score (nSPS) is 21.0. The number of benzene rings is 1. The Morgan fingerprint density at radius 2 is 1.79 bits per heavy atom. The molecule has 2 saturated heterocycles. The summed E-state index contributed by atoms with van der Waals surface area (Å²) in [5.74, 6) is 1.58. The van der Waals surface area contributed by atoms with Gasteiger partial charge in [0.2, 0.25) is 5.91 Å². The van der Waals surface area contributed by atoms with Crippen LogP contribution < -0.4 is 9.64 Å². The molecule has 178 valence electrons. The number of rotatable bonds is 7. The Kier molecular flexibility index (Phi) is 5.65. The first-order valence-corrected chi connectivity index (χ1v) is 12.7. The zero-order chi connectivity index (χ0) is 23.1. The molecule has 1 atom stereocenters. The smallest absolute Gasteiger partial charge is 0.225 e. The summed E-state index contributed by atoms with van der Waals surface area (Å²) in [6, 6.07) is 13.3. The molecule has 1 amide bonds. The second kappa shape index (κ2) is 8.95. The third kappa shape index (κ3) is 4.13. The van der Waals surface area contributed by atoms with Crippen LogP contribution in [0.4, 0.5) is 5.69 Å². The highest BCUT2D eigenvalue weighted by Gasteiger charge is 2.34. The summed E-state index contributed by atoms with van der Waals surface area (Å²) in [6.07, 6.45) is 7.33. The largest absolute Gasteiger partial charge is 0.492 e. The molecule has 0 N–H and O–H groups in total. The van der Waals surface area contributed by atoms with Crippen molar-refractivity contribution in [3.8, 4) is 16.9 Å². The van der Waals surface area contributed by atoms with E-state index in [1.165, 1.54) is 18.7 Å². The highest BCUT2D eigenvalue weighted by molar-refractivity contribution is 5.82. The molecule has 0 bridgehead atoms. The molecular formula is C27H33N5O2. The van der Waals surface area contributed by atoms with Crippen molar-refractivity contribution in [1.29, 1.82) is 0 Å². The second-order valence-electron chi connectivity index (χ2n) is 9.77. The average molecular weight is 460 g/mol. The summed E-state index contributed by atoms with van der Waals surface area (Å²) in [6.45, 7) is 8.58. The van der Waals surface area contributed by atoms with Gasteiger partial charge in [-0.05, 0) is 55.6 Å². The maximum absolute atomic E-state index is 12.4. The molecule has 34 heavy (non-hydrogen) atoms. The van der Waals surface area contributed by atoms with E-state index in [2.05, 4.69) is 64.4 Å². The molecular weight excluding hydrogens is 426 g/mol. The Balaban J connectivity index is 1.14. The van der Waals surface area contributed by atoms with Gasteiger partial charge in [0.15, 0.2) is 0 Å². The molecule has 3 fully saturated rings. The number of nitrogens with zero attached hydrogens (tertiary/aromatic N) is 5. The zero-order valence-corrected chi connectivity index (χ0v) is 19.9. The van der Waals surface area contributed by atoms with Crippen LogP contribution in [0.25, 0.3) is 16.6 Å². The number of hydrogen-bond acceptors (Lipinski definition) is 5. The van der Waals surface area contributed by atoms with E-state index >= 15 is 0 Å². The van der Waals surface area contributed by atoms with E-state index in [0.29, 0.717) is 17.9 Å². The SMILES string of the molecule is CCN1CCC1COc1ccc(-c2cc3c(N4CCN(C(=O)C5CC5)CC4)ccnn3c2)cc1. The van der Waals surface area contributed by atoms with Gasteiger partial charge in [-0.3, -0.25) is 9.69 Å². The van der Waals surface area contributed by atoms with Crippen molar-refractivity contribution < 1.29 is 9.53 Å². The summed E-state index contributed by atoms with van der Waals surface area (Å²) in [5.41, 5.74) is 4.58. The number of carbonyl (C=O) groups is 1. The van der Waals surface area contributed by atoms with Crippen LogP contribution in [0.2, 0.25) is 0 Å². The lowest BCUT2D eigenvalue weighted by atomic mass is 10.0. The van der Waals surface area contributed by atoms with Gasteiger partial charge in [0, 0.05) is 62.6 Å². The lowest BCUT2D eigenvalue weighted by molar-refractivity contribution is -0.132. The fourth-order valence-electron chi connectivity index (χ4n) is 5.22. The average Bonchev–Trinajstić information content (AvgIpc) is 3.61. The van der Waals surface area contributed by atoms with Gasteiger partial charge >= 0.3 is 0 Å². The van der Waals surface area contributed by atoms with Crippen molar-refractivity contribution in [2.45, 2.75) is 32.2 Å². The zero-order valence-electron chi connectivity index (χ0n) is 19.9. The highest BCUT2D eigenvalue weighted by Crippen LogP contribution is 2.33. The monoisotopic (exact) mass is 459 g/mol. The maximum Gasteiger partial charge on any atom is 0.225 e. The van der Waals surface area contributed by atoms with Gasteiger partial charge < -0.3 is 14.5 Å². The molecule has 1 unspecified atom stereocenters. The van der Waals surface area contributed by atoms with Gasteiger partial charge in [0.1, 0.15) is 12.4 Å². The van der Waals surface area contributed by atoms with E-state index in [4.69, 9.17) is 4.74 Å². The molecule has 0 radical (unpaired) electrons. The van der Waals surface area contributed by atoms with Crippen LogP contribution in [0.5, 0.6) is 5.75 Å². The summed E-state index contributed by atoms with van der Waals surface area (Å²) in [5, 5.41) is 4.55. The number of anilines is 1. The van der Waals surface area contributed by atoms with E-state index in [1.807, 2.05) is 15.6 Å². The topological polar surface area (TPSA) is 53.3 Å². The fraction of sp³-hybridized carbons (Fsp3) is 0.481. The lowest BCUT2D eigenvalue weighted by Crippen LogP contribution is -2.50. The van der Waals surface area contributed by atoms with Crippen LogP contribution in [0.3, 0.4) is 0 Å². The predicted octanol–water partition coefficient (Wildman–Crippen LogP) is 3.53. The molecule has 3 aromatic rings. The minimum atomic E-state index is 0.299. The van der Waals surface area contributed by atoms with E-state index in [9.17, 15) is 4.79 Å². The van der Waals surface area contributed by atoms with Crippen LogP contribution in [-0.2, 0) is 4.79 Å². The summed E-state index contributed by atoms with van der Waals surface area (Å²) < 4.78 is 8.01. The number of amides is 1. The van der Waals surface area contributed by atoms with Crippen LogP contribution in [0, 0.1) is 5.92 Å². The Morgan fingerprint density at radius 3 is 2.47 bits per heavy atom. The minimum Gasteiger partial charge on any atom is -0.492 e. The van der Waals surface area contributed by atoms with Crippen LogP contribution in [0.1, 0.15) is 26.2 Å². The maximum atomic E-state index is 12.4. The Morgan fingerprint density at radius 1 is 1.00 bits per heavy atom. The van der Waals surface area contributed by atoms with Crippen molar-refractivity contribution in [3.63, 3.8) is 0 Å². The molecule has 1 aliphatic carbocycles. The number of aromatic nitrogens is 2. The molecule has 1 saturated carbocycles. The fourth-order valence-corrected chi connectivity index (χ4v) is 5.22. The van der Waals surface area contributed by atoms with Crippen molar-refractivity contribution in [3.05, 3.63) is 48.8 Å². The van der Waals surface area contributed by atoms with Gasteiger partial charge in [0.05, 0.1) is 11.2 Å². The number of likely N-dealkylation sites (N-methyl/N-ethyl adjacent to an activating group) is 1. The van der Waals surface area contributed by atoms with Gasteiger partial charge in [-0.1, -0.05) is 19.1 Å². The number of likely N-dealkylation sites (tertiary alicyclic amines) is 1. The van der Waals surface area contributed by atoms with E-state index in [0.717, 1.165) is 74.6 Å². The first kappa shape index (κ1) is 21.5. The van der Waals surface area contributed by atoms with Crippen LogP contribution in [0.15, 0.2) is 48.8 Å². The third-order valence-corrected chi connectivity index (χ3v) is 7.65. The highest BCUT2D eigenvalue weighted by atomic mass is 16.5. The molecule has 2 aliphatic heterocycles.